The Morgan fingerprint density at radius 1 is 1.42 bits per heavy atom. The summed E-state index contributed by atoms with van der Waals surface area (Å²) < 4.78 is 46.1. The van der Waals surface area contributed by atoms with Gasteiger partial charge in [-0.05, 0) is 13.3 Å². The van der Waals surface area contributed by atoms with Crippen molar-refractivity contribution in [2.24, 2.45) is 0 Å². The van der Waals surface area contributed by atoms with Crippen molar-refractivity contribution in [1.82, 2.24) is 9.55 Å². The lowest BCUT2D eigenvalue weighted by molar-refractivity contribution is -0.174. The van der Waals surface area contributed by atoms with Crippen LogP contribution in [0, 0.1) is 6.92 Å². The van der Waals surface area contributed by atoms with Gasteiger partial charge in [0, 0.05) is 24.9 Å². The van der Waals surface area contributed by atoms with E-state index in [2.05, 4.69) is 9.72 Å². The SMILES string of the molecule is COc1nc(C)cc(=O)n1CCCOCC(F)(F)F. The van der Waals surface area contributed by atoms with Gasteiger partial charge in [0.15, 0.2) is 0 Å². The molecule has 19 heavy (non-hydrogen) atoms. The minimum absolute atomic E-state index is 0.0943. The number of ether oxygens (including phenoxy) is 2. The van der Waals surface area contributed by atoms with Crippen LogP contribution in [0.1, 0.15) is 12.1 Å². The molecular weight excluding hydrogens is 265 g/mol. The third kappa shape index (κ3) is 5.29. The number of rotatable bonds is 6. The molecule has 0 atom stereocenters. The second-order valence-electron chi connectivity index (χ2n) is 3.90. The second kappa shape index (κ2) is 6.55. The van der Waals surface area contributed by atoms with Crippen molar-refractivity contribution in [2.45, 2.75) is 26.1 Å². The van der Waals surface area contributed by atoms with Gasteiger partial charge in [-0.3, -0.25) is 9.36 Å². The van der Waals surface area contributed by atoms with E-state index >= 15 is 0 Å². The molecule has 0 spiro atoms. The normalized spacial score (nSPS) is 11.6. The predicted octanol–water partition coefficient (Wildman–Crippen LogP) is 1.53. The molecule has 0 fully saturated rings. The smallest absolute Gasteiger partial charge is 0.411 e. The molecule has 8 heteroatoms. The minimum Gasteiger partial charge on any atom is -0.468 e. The zero-order valence-corrected chi connectivity index (χ0v) is 10.7. The highest BCUT2D eigenvalue weighted by molar-refractivity contribution is 5.06. The predicted molar refractivity (Wildman–Crippen MR) is 61.3 cm³/mol. The number of nitrogens with zero attached hydrogens (tertiary/aromatic N) is 2. The molecule has 0 bridgehead atoms. The van der Waals surface area contributed by atoms with E-state index in [0.717, 1.165) is 0 Å². The van der Waals surface area contributed by atoms with Gasteiger partial charge >= 0.3 is 6.18 Å². The highest BCUT2D eigenvalue weighted by atomic mass is 19.4. The van der Waals surface area contributed by atoms with Crippen molar-refractivity contribution >= 4 is 0 Å². The Hall–Kier alpha value is -1.57. The third-order valence-corrected chi connectivity index (χ3v) is 2.22. The summed E-state index contributed by atoms with van der Waals surface area (Å²) in [6.45, 7) is 0.460. The first-order valence-electron chi connectivity index (χ1n) is 5.60. The van der Waals surface area contributed by atoms with E-state index in [1.54, 1.807) is 6.92 Å². The molecule has 0 N–H and O–H groups in total. The van der Waals surface area contributed by atoms with Gasteiger partial charge in [-0.2, -0.15) is 13.2 Å². The van der Waals surface area contributed by atoms with E-state index in [1.165, 1.54) is 17.7 Å². The lowest BCUT2D eigenvalue weighted by Gasteiger charge is -2.11. The lowest BCUT2D eigenvalue weighted by atomic mass is 10.4. The summed E-state index contributed by atoms with van der Waals surface area (Å²) >= 11 is 0. The molecule has 0 amide bonds. The summed E-state index contributed by atoms with van der Waals surface area (Å²) in [5, 5.41) is 0. The second-order valence-corrected chi connectivity index (χ2v) is 3.90. The van der Waals surface area contributed by atoms with Gasteiger partial charge < -0.3 is 9.47 Å². The summed E-state index contributed by atoms with van der Waals surface area (Å²) in [5.74, 6) is 0. The average Bonchev–Trinajstić information content (AvgIpc) is 2.29. The van der Waals surface area contributed by atoms with Crippen LogP contribution in [-0.4, -0.2) is 36.1 Å². The maximum atomic E-state index is 11.8. The van der Waals surface area contributed by atoms with E-state index < -0.39 is 12.8 Å². The fraction of sp³-hybridized carbons (Fsp3) is 0.636. The monoisotopic (exact) mass is 280 g/mol. The van der Waals surface area contributed by atoms with Crippen LogP contribution >= 0.6 is 0 Å². The molecule has 1 aromatic rings. The molecule has 0 saturated carbocycles. The van der Waals surface area contributed by atoms with Crippen molar-refractivity contribution < 1.29 is 22.6 Å². The van der Waals surface area contributed by atoms with Crippen LogP contribution in [0.3, 0.4) is 0 Å². The number of aryl methyl sites for hydroxylation is 1. The highest BCUT2D eigenvalue weighted by Crippen LogP contribution is 2.14. The first kappa shape index (κ1) is 15.5. The van der Waals surface area contributed by atoms with Crippen molar-refractivity contribution in [3.63, 3.8) is 0 Å². The quantitative estimate of drug-likeness (QED) is 0.742. The average molecular weight is 280 g/mol. The first-order valence-corrected chi connectivity index (χ1v) is 5.60. The van der Waals surface area contributed by atoms with Crippen LogP contribution in [0.2, 0.25) is 0 Å². The van der Waals surface area contributed by atoms with Gasteiger partial charge in [0.05, 0.1) is 7.11 Å². The summed E-state index contributed by atoms with van der Waals surface area (Å²) in [7, 11) is 1.37. The topological polar surface area (TPSA) is 53.3 Å². The molecule has 0 aliphatic rings. The van der Waals surface area contributed by atoms with Gasteiger partial charge in [0.1, 0.15) is 6.61 Å². The number of alkyl halides is 3. The molecule has 0 unspecified atom stereocenters. The van der Waals surface area contributed by atoms with Gasteiger partial charge in [-0.25, -0.2) is 4.98 Å². The van der Waals surface area contributed by atoms with Crippen LogP contribution < -0.4 is 10.3 Å². The fourth-order valence-electron chi connectivity index (χ4n) is 1.47. The molecule has 0 aliphatic carbocycles. The van der Waals surface area contributed by atoms with Gasteiger partial charge in [0.25, 0.3) is 11.6 Å². The maximum absolute atomic E-state index is 11.8. The number of hydrogen-bond donors (Lipinski definition) is 0. The largest absolute Gasteiger partial charge is 0.468 e. The maximum Gasteiger partial charge on any atom is 0.411 e. The van der Waals surface area contributed by atoms with Gasteiger partial charge in [-0.1, -0.05) is 0 Å². The van der Waals surface area contributed by atoms with E-state index in [-0.39, 0.29) is 31.1 Å². The third-order valence-electron chi connectivity index (χ3n) is 2.22. The molecule has 1 heterocycles. The first-order chi connectivity index (χ1) is 8.83. The molecule has 108 valence electrons. The van der Waals surface area contributed by atoms with Crippen LogP contribution in [0.4, 0.5) is 13.2 Å². The Morgan fingerprint density at radius 2 is 2.11 bits per heavy atom. The molecule has 1 aromatic heterocycles. The summed E-state index contributed by atoms with van der Waals surface area (Å²) in [4.78, 5) is 15.7. The highest BCUT2D eigenvalue weighted by Gasteiger charge is 2.27. The van der Waals surface area contributed by atoms with Crippen molar-refractivity contribution in [1.29, 1.82) is 0 Å². The molecule has 0 aromatic carbocycles. The summed E-state index contributed by atoms with van der Waals surface area (Å²) in [5.41, 5.74) is 0.214. The van der Waals surface area contributed by atoms with Crippen molar-refractivity contribution in [2.75, 3.05) is 20.3 Å². The van der Waals surface area contributed by atoms with E-state index in [9.17, 15) is 18.0 Å². The summed E-state index contributed by atoms with van der Waals surface area (Å²) in [6.07, 6.45) is -4.07. The van der Waals surface area contributed by atoms with Crippen LogP contribution in [0.15, 0.2) is 10.9 Å². The Morgan fingerprint density at radius 3 is 2.68 bits per heavy atom. The Labute approximate surface area is 108 Å². The molecular formula is C11H15F3N2O3. The molecule has 5 nitrogen and oxygen atoms in total. The summed E-state index contributed by atoms with van der Waals surface area (Å²) in [6, 6.07) is 1.47. The Bertz CT molecular complexity index is 471. The molecule has 0 radical (unpaired) electrons. The Kier molecular flexibility index (Phi) is 5.34. The number of hydrogen-bond acceptors (Lipinski definition) is 4. The minimum atomic E-state index is -4.33. The number of methoxy groups -OCH3 is 1. The number of aromatic nitrogens is 2. The molecule has 0 saturated heterocycles. The number of halogens is 3. The van der Waals surface area contributed by atoms with E-state index in [1.807, 2.05) is 0 Å². The zero-order chi connectivity index (χ0) is 14.5. The van der Waals surface area contributed by atoms with Gasteiger partial charge in [0.2, 0.25) is 0 Å². The lowest BCUT2D eigenvalue weighted by Crippen LogP contribution is -2.24. The van der Waals surface area contributed by atoms with Gasteiger partial charge in [-0.15, -0.1) is 0 Å². The van der Waals surface area contributed by atoms with E-state index in [4.69, 9.17) is 4.74 Å². The molecule has 1 rings (SSSR count). The molecule has 0 aliphatic heterocycles. The van der Waals surface area contributed by atoms with Crippen molar-refractivity contribution in [3.8, 4) is 6.01 Å². The zero-order valence-electron chi connectivity index (χ0n) is 10.7. The fourth-order valence-corrected chi connectivity index (χ4v) is 1.47. The van der Waals surface area contributed by atoms with Crippen LogP contribution in [0.5, 0.6) is 6.01 Å². The van der Waals surface area contributed by atoms with Crippen molar-refractivity contribution in [3.05, 3.63) is 22.1 Å². The van der Waals surface area contributed by atoms with E-state index in [0.29, 0.717) is 5.69 Å². The Balaban J connectivity index is 2.52. The van der Waals surface area contributed by atoms with Crippen LogP contribution in [-0.2, 0) is 11.3 Å². The standard InChI is InChI=1S/C11H15F3N2O3/c1-8-6-9(17)16(10(15-8)18-2)4-3-5-19-7-11(12,13)14/h6H,3-5,7H2,1-2H3. The van der Waals surface area contributed by atoms with Crippen LogP contribution in [0.25, 0.3) is 0 Å².